The van der Waals surface area contributed by atoms with Gasteiger partial charge < -0.3 is 43.7 Å². The molecule has 4 aliphatic rings. The van der Waals surface area contributed by atoms with Crippen LogP contribution >= 0.6 is 0 Å². The zero-order valence-corrected chi connectivity index (χ0v) is 40.3. The molecule has 73 heavy (non-hydrogen) atoms. The fourth-order valence-electron chi connectivity index (χ4n) is 10.8. The molecule has 0 bridgehead atoms. The Kier molecular flexibility index (Phi) is 14.2. The Hall–Kier alpha value is -8.00. The maximum absolute atomic E-state index is 16.6. The number of hydrogen-bond donors (Lipinski definition) is 2. The predicted molar refractivity (Wildman–Crippen MR) is 271 cm³/mol. The minimum Gasteiger partial charge on any atom is -0.497 e. The SMILES string of the molecule is COCCOC(=O)N1C(=O)C2(c3cc(C#Cc4ccc(OC)cc4)ccc31)C(C(=O)Nc1ccc(N3CCOCC3)cc1)C1C(=O)OC(c3ccccc3)C(c3ccccc3)N1C2c1ccccc1OCCO. The van der Waals surface area contributed by atoms with Gasteiger partial charge in [-0.25, -0.2) is 9.69 Å². The number of imide groups is 1. The first-order chi connectivity index (χ1) is 35.8. The number of cyclic esters (lactones) is 1. The van der Waals surface area contributed by atoms with Crippen molar-refractivity contribution < 1.29 is 52.7 Å². The van der Waals surface area contributed by atoms with Crippen molar-refractivity contribution in [3.63, 3.8) is 0 Å². The van der Waals surface area contributed by atoms with E-state index < -0.39 is 59.4 Å². The van der Waals surface area contributed by atoms with E-state index in [1.807, 2.05) is 89.8 Å². The molecule has 3 amide bonds. The molecular formula is C58H54N4O11. The zero-order chi connectivity index (χ0) is 50.5. The molecule has 10 rings (SSSR count). The largest absolute Gasteiger partial charge is 0.497 e. The van der Waals surface area contributed by atoms with Crippen LogP contribution in [0.2, 0.25) is 0 Å². The number of aliphatic hydroxyl groups is 1. The standard InChI is InChI=1S/C58H54N4O11/c1-68-35-36-72-57(67)61-47-28-21-39(18-17-38-19-26-44(69-2)27-20-38)37-46(47)58(56(61)66)49(54(64)59-42-22-24-43(25-23-42)60-29-32-70-33-30-60)51-55(65)73-52(41-13-7-4-8-14-41)50(40-11-5-3-6-12-40)62(51)53(58)45-15-9-10-16-48(45)71-34-31-63/h3-16,19-28,37,49-53,63H,29-36H2,1-2H3,(H,59,64). The summed E-state index contributed by atoms with van der Waals surface area (Å²) >= 11 is 0. The summed E-state index contributed by atoms with van der Waals surface area (Å²) in [6, 6.07) is 42.0. The number of rotatable bonds is 13. The van der Waals surface area contributed by atoms with Gasteiger partial charge >= 0.3 is 12.1 Å². The van der Waals surface area contributed by atoms with Crippen LogP contribution in [0.15, 0.2) is 152 Å². The van der Waals surface area contributed by atoms with Crippen molar-refractivity contribution in [2.24, 2.45) is 5.92 Å². The second-order valence-corrected chi connectivity index (χ2v) is 18.0. The third-order valence-corrected chi connectivity index (χ3v) is 14.0. The summed E-state index contributed by atoms with van der Waals surface area (Å²) in [7, 11) is 3.05. The highest BCUT2D eigenvalue weighted by Gasteiger charge is 2.76. The lowest BCUT2D eigenvalue weighted by Gasteiger charge is -2.46. The first-order valence-electron chi connectivity index (χ1n) is 24.2. The van der Waals surface area contributed by atoms with E-state index in [1.165, 1.54) is 7.11 Å². The first-order valence-corrected chi connectivity index (χ1v) is 24.2. The Balaban J connectivity index is 1.25. The molecule has 3 saturated heterocycles. The number of nitrogens with zero attached hydrogens (tertiary/aromatic N) is 3. The smallest absolute Gasteiger partial charge is 0.421 e. The highest BCUT2D eigenvalue weighted by atomic mass is 16.6. The van der Waals surface area contributed by atoms with E-state index in [0.717, 1.165) is 16.2 Å². The number of nitrogens with one attached hydrogen (secondary N) is 1. The van der Waals surface area contributed by atoms with Crippen molar-refractivity contribution in [2.45, 2.75) is 29.6 Å². The van der Waals surface area contributed by atoms with Crippen LogP contribution in [0.25, 0.3) is 0 Å². The Morgan fingerprint density at radius 2 is 1.42 bits per heavy atom. The number of methoxy groups -OCH3 is 2. The van der Waals surface area contributed by atoms with Crippen molar-refractivity contribution in [2.75, 3.05) is 82.1 Å². The maximum atomic E-state index is 16.6. The molecule has 4 heterocycles. The van der Waals surface area contributed by atoms with Crippen molar-refractivity contribution in [1.82, 2.24) is 4.90 Å². The van der Waals surface area contributed by atoms with E-state index in [4.69, 9.17) is 28.4 Å². The monoisotopic (exact) mass is 982 g/mol. The topological polar surface area (TPSA) is 166 Å². The van der Waals surface area contributed by atoms with Crippen molar-refractivity contribution in [3.05, 3.63) is 185 Å². The summed E-state index contributed by atoms with van der Waals surface area (Å²) in [6.45, 7) is 1.98. The predicted octanol–water partition coefficient (Wildman–Crippen LogP) is 7.39. The Labute approximate surface area is 423 Å². The molecule has 6 unspecified atom stereocenters. The minimum atomic E-state index is -2.13. The average molecular weight is 983 g/mol. The van der Waals surface area contributed by atoms with Crippen LogP contribution in [0.1, 0.15) is 51.6 Å². The zero-order valence-electron chi connectivity index (χ0n) is 40.3. The van der Waals surface area contributed by atoms with Gasteiger partial charge in [-0.1, -0.05) is 90.7 Å². The molecule has 0 saturated carbocycles. The number of aliphatic hydroxyl groups excluding tert-OH is 1. The molecule has 15 heteroatoms. The number of carbonyl (C=O) groups is 4. The number of esters is 1. The van der Waals surface area contributed by atoms with Gasteiger partial charge in [0.05, 0.1) is 57.2 Å². The van der Waals surface area contributed by atoms with Crippen LogP contribution < -0.4 is 24.6 Å². The lowest BCUT2D eigenvalue weighted by Crippen LogP contribution is -2.54. The highest BCUT2D eigenvalue weighted by Crippen LogP contribution is 2.67. The van der Waals surface area contributed by atoms with Gasteiger partial charge in [-0.05, 0) is 89.5 Å². The molecule has 0 aromatic heterocycles. The summed E-state index contributed by atoms with van der Waals surface area (Å²) in [5, 5.41) is 13.3. The molecule has 2 N–H and O–H groups in total. The van der Waals surface area contributed by atoms with Gasteiger partial charge in [0.2, 0.25) is 11.8 Å². The summed E-state index contributed by atoms with van der Waals surface area (Å²) in [5.74, 6) is 3.55. The molecule has 6 atom stereocenters. The number of morpholine rings is 2. The van der Waals surface area contributed by atoms with Crippen LogP contribution in [0.3, 0.4) is 0 Å². The van der Waals surface area contributed by atoms with E-state index in [1.54, 1.807) is 73.8 Å². The molecule has 15 nitrogen and oxygen atoms in total. The van der Waals surface area contributed by atoms with Gasteiger partial charge in [-0.2, -0.15) is 0 Å². The van der Waals surface area contributed by atoms with E-state index in [2.05, 4.69) is 22.1 Å². The fourth-order valence-corrected chi connectivity index (χ4v) is 10.8. The van der Waals surface area contributed by atoms with Crippen molar-refractivity contribution in [1.29, 1.82) is 0 Å². The molecule has 0 aliphatic carbocycles. The summed E-state index contributed by atoms with van der Waals surface area (Å²) in [4.78, 5) is 68.1. The van der Waals surface area contributed by atoms with Crippen molar-refractivity contribution in [3.8, 4) is 23.3 Å². The lowest BCUT2D eigenvalue weighted by molar-refractivity contribution is -0.177. The van der Waals surface area contributed by atoms with Crippen LogP contribution in [-0.4, -0.2) is 107 Å². The number of fused-ring (bicyclic) bond motifs is 3. The van der Waals surface area contributed by atoms with E-state index in [9.17, 15) is 9.90 Å². The highest BCUT2D eigenvalue weighted by molar-refractivity contribution is 6.24. The van der Waals surface area contributed by atoms with Crippen LogP contribution in [0, 0.1) is 17.8 Å². The summed E-state index contributed by atoms with van der Waals surface area (Å²) in [5.41, 5.74) is 2.54. The first kappa shape index (κ1) is 48.6. The van der Waals surface area contributed by atoms with Gasteiger partial charge in [0.1, 0.15) is 42.3 Å². The average Bonchev–Trinajstić information content (AvgIpc) is 3.89. The molecule has 6 aromatic rings. The fraction of sp³-hybridized carbons (Fsp3) is 0.276. The van der Waals surface area contributed by atoms with Gasteiger partial charge in [-0.3, -0.25) is 19.3 Å². The number of benzene rings is 6. The molecule has 1 spiro atoms. The molecule has 3 fully saturated rings. The number of para-hydroxylation sites is 1. The van der Waals surface area contributed by atoms with E-state index in [-0.39, 0.29) is 43.4 Å². The third kappa shape index (κ3) is 9.15. The van der Waals surface area contributed by atoms with Gasteiger partial charge in [0.15, 0.2) is 0 Å². The number of ether oxygens (including phenoxy) is 6. The minimum absolute atomic E-state index is 0.0422. The maximum Gasteiger partial charge on any atom is 0.421 e. The summed E-state index contributed by atoms with van der Waals surface area (Å²) < 4.78 is 34.9. The van der Waals surface area contributed by atoms with Crippen molar-refractivity contribution >= 4 is 40.9 Å². The van der Waals surface area contributed by atoms with Crippen LogP contribution in [0.4, 0.5) is 21.9 Å². The third-order valence-electron chi connectivity index (χ3n) is 14.0. The molecular weight excluding hydrogens is 929 g/mol. The van der Waals surface area contributed by atoms with Gasteiger partial charge in [-0.15, -0.1) is 0 Å². The lowest BCUT2D eigenvalue weighted by atomic mass is 9.65. The van der Waals surface area contributed by atoms with E-state index in [0.29, 0.717) is 60.0 Å². The number of amides is 3. The molecule has 372 valence electrons. The second kappa shape index (κ2) is 21.4. The van der Waals surface area contributed by atoms with Crippen LogP contribution in [0.5, 0.6) is 11.5 Å². The number of hydrogen-bond acceptors (Lipinski definition) is 13. The number of carbonyl (C=O) groups excluding carboxylic acids is 4. The molecule has 6 aromatic carbocycles. The molecule has 0 radical (unpaired) electrons. The Morgan fingerprint density at radius 3 is 2.12 bits per heavy atom. The van der Waals surface area contributed by atoms with Gasteiger partial charge in [0, 0.05) is 48.3 Å². The van der Waals surface area contributed by atoms with E-state index >= 15 is 14.4 Å². The van der Waals surface area contributed by atoms with Gasteiger partial charge in [0.25, 0.3) is 0 Å². The second-order valence-electron chi connectivity index (χ2n) is 18.0. The number of anilines is 3. The van der Waals surface area contributed by atoms with Crippen LogP contribution in [-0.2, 0) is 38.7 Å². The quantitative estimate of drug-likeness (QED) is 0.0669. The Morgan fingerprint density at radius 1 is 0.753 bits per heavy atom. The summed E-state index contributed by atoms with van der Waals surface area (Å²) in [6.07, 6.45) is -1.97. The molecule has 4 aliphatic heterocycles. The normalized spacial score (nSPS) is 22.2. The Bertz CT molecular complexity index is 3030.